The van der Waals surface area contributed by atoms with E-state index < -0.39 is 0 Å². The Labute approximate surface area is 126 Å². The highest BCUT2D eigenvalue weighted by atomic mass is 16.1. The van der Waals surface area contributed by atoms with Gasteiger partial charge in [0.25, 0.3) is 5.91 Å². The number of nitrogens with zero attached hydrogens (tertiary/aromatic N) is 2. The van der Waals surface area contributed by atoms with Gasteiger partial charge in [-0.15, -0.1) is 0 Å². The van der Waals surface area contributed by atoms with E-state index in [9.17, 15) is 4.79 Å². The molecular weight excluding hydrogens is 262 g/mol. The number of hydrogen-bond acceptors (Lipinski definition) is 2. The van der Waals surface area contributed by atoms with Crippen LogP contribution in [0.25, 0.3) is 5.69 Å². The van der Waals surface area contributed by atoms with E-state index in [-0.39, 0.29) is 5.91 Å². The lowest BCUT2D eigenvalue weighted by Gasteiger charge is -2.17. The van der Waals surface area contributed by atoms with Crippen molar-refractivity contribution in [3.63, 3.8) is 0 Å². The predicted octanol–water partition coefficient (Wildman–Crippen LogP) is 2.55. The van der Waals surface area contributed by atoms with Crippen molar-refractivity contribution in [3.8, 4) is 5.69 Å². The largest absolute Gasteiger partial charge is 0.351 e. The second-order valence-electron chi connectivity index (χ2n) is 4.93. The van der Waals surface area contributed by atoms with Crippen LogP contribution in [0.5, 0.6) is 0 Å². The molecule has 0 aliphatic heterocycles. The molecule has 0 unspecified atom stereocenters. The van der Waals surface area contributed by atoms with Gasteiger partial charge in [0, 0.05) is 31.2 Å². The lowest BCUT2D eigenvalue weighted by molar-refractivity contribution is 0.0949. The number of rotatable bonds is 7. The molecule has 0 aliphatic rings. The molecule has 1 aromatic heterocycles. The standard InChI is InChI=1S/C17H23N3O/c1-3-19(4-2)13-11-18-17(21)15-10-12-20(14-15)16-8-6-5-7-9-16/h5-10,12,14H,3-4,11,13H2,1-2H3,(H,18,21). The molecule has 2 rings (SSSR count). The quantitative estimate of drug-likeness (QED) is 0.849. The highest BCUT2D eigenvalue weighted by Gasteiger charge is 2.08. The van der Waals surface area contributed by atoms with Crippen LogP contribution in [0.1, 0.15) is 24.2 Å². The van der Waals surface area contributed by atoms with Crippen LogP contribution in [0.15, 0.2) is 48.8 Å². The average molecular weight is 285 g/mol. The van der Waals surface area contributed by atoms with E-state index in [0.29, 0.717) is 12.1 Å². The number of aromatic nitrogens is 1. The molecule has 112 valence electrons. The van der Waals surface area contributed by atoms with E-state index in [1.165, 1.54) is 0 Å². The molecule has 1 heterocycles. The van der Waals surface area contributed by atoms with Gasteiger partial charge in [0.15, 0.2) is 0 Å². The summed E-state index contributed by atoms with van der Waals surface area (Å²) in [6.45, 7) is 7.85. The van der Waals surface area contributed by atoms with Crippen molar-refractivity contribution in [3.05, 3.63) is 54.4 Å². The van der Waals surface area contributed by atoms with Crippen LogP contribution in [-0.4, -0.2) is 41.6 Å². The molecule has 4 nitrogen and oxygen atoms in total. The highest BCUT2D eigenvalue weighted by molar-refractivity contribution is 5.94. The molecule has 0 aliphatic carbocycles. The van der Waals surface area contributed by atoms with Gasteiger partial charge in [-0.25, -0.2) is 0 Å². The van der Waals surface area contributed by atoms with Crippen molar-refractivity contribution in [2.45, 2.75) is 13.8 Å². The first-order valence-corrected chi connectivity index (χ1v) is 7.48. The van der Waals surface area contributed by atoms with E-state index in [1.54, 1.807) is 0 Å². The number of benzene rings is 1. The van der Waals surface area contributed by atoms with Crippen molar-refractivity contribution in [2.24, 2.45) is 0 Å². The van der Waals surface area contributed by atoms with Crippen molar-refractivity contribution in [1.29, 1.82) is 0 Å². The first kappa shape index (κ1) is 15.3. The molecule has 2 aromatic rings. The van der Waals surface area contributed by atoms with Crippen molar-refractivity contribution < 1.29 is 4.79 Å². The molecule has 0 radical (unpaired) electrons. The average Bonchev–Trinajstić information content (AvgIpc) is 3.02. The highest BCUT2D eigenvalue weighted by Crippen LogP contribution is 2.10. The maximum absolute atomic E-state index is 12.1. The van der Waals surface area contributed by atoms with Gasteiger partial charge in [-0.1, -0.05) is 32.0 Å². The molecule has 0 fully saturated rings. The summed E-state index contributed by atoms with van der Waals surface area (Å²) in [7, 11) is 0. The van der Waals surface area contributed by atoms with E-state index in [4.69, 9.17) is 0 Å². The lowest BCUT2D eigenvalue weighted by Crippen LogP contribution is -2.34. The molecule has 4 heteroatoms. The van der Waals surface area contributed by atoms with Gasteiger partial charge in [-0.2, -0.15) is 0 Å². The summed E-state index contributed by atoms with van der Waals surface area (Å²) in [6.07, 6.45) is 3.77. The molecule has 0 spiro atoms. The van der Waals surface area contributed by atoms with Gasteiger partial charge in [0.1, 0.15) is 0 Å². The van der Waals surface area contributed by atoms with E-state index in [0.717, 1.165) is 25.3 Å². The maximum Gasteiger partial charge on any atom is 0.252 e. The molecule has 1 amide bonds. The van der Waals surface area contributed by atoms with E-state index >= 15 is 0 Å². The Hall–Kier alpha value is -2.07. The van der Waals surface area contributed by atoms with E-state index in [1.807, 2.05) is 53.4 Å². The normalized spacial score (nSPS) is 10.8. The topological polar surface area (TPSA) is 37.3 Å². The Morgan fingerprint density at radius 1 is 1.14 bits per heavy atom. The fourth-order valence-electron chi connectivity index (χ4n) is 2.26. The molecule has 0 saturated carbocycles. The van der Waals surface area contributed by atoms with Crippen molar-refractivity contribution >= 4 is 5.91 Å². The Balaban J connectivity index is 1.91. The molecule has 21 heavy (non-hydrogen) atoms. The third kappa shape index (κ3) is 4.20. The van der Waals surface area contributed by atoms with Gasteiger partial charge in [0.2, 0.25) is 0 Å². The van der Waals surface area contributed by atoms with E-state index in [2.05, 4.69) is 24.1 Å². The Kier molecular flexibility index (Phi) is 5.58. The van der Waals surface area contributed by atoms with Crippen molar-refractivity contribution in [2.75, 3.05) is 26.2 Å². The summed E-state index contributed by atoms with van der Waals surface area (Å²) in [4.78, 5) is 14.4. The smallest absolute Gasteiger partial charge is 0.252 e. The minimum atomic E-state index is -0.0168. The minimum Gasteiger partial charge on any atom is -0.351 e. The Bertz CT molecular complexity index is 558. The molecule has 0 atom stereocenters. The van der Waals surface area contributed by atoms with Crippen LogP contribution in [-0.2, 0) is 0 Å². The predicted molar refractivity (Wildman–Crippen MR) is 85.9 cm³/mol. The summed E-state index contributed by atoms with van der Waals surface area (Å²) < 4.78 is 1.96. The molecule has 0 saturated heterocycles. The van der Waals surface area contributed by atoms with Gasteiger partial charge in [0.05, 0.1) is 5.56 Å². The number of carbonyl (C=O) groups is 1. The van der Waals surface area contributed by atoms with Crippen LogP contribution >= 0.6 is 0 Å². The lowest BCUT2D eigenvalue weighted by atomic mass is 10.3. The SMILES string of the molecule is CCN(CC)CCNC(=O)c1ccn(-c2ccccc2)c1. The number of carbonyl (C=O) groups excluding carboxylic acids is 1. The summed E-state index contributed by atoms with van der Waals surface area (Å²) >= 11 is 0. The molecule has 0 bridgehead atoms. The minimum absolute atomic E-state index is 0.0168. The zero-order chi connectivity index (χ0) is 15.1. The second-order valence-corrected chi connectivity index (χ2v) is 4.93. The van der Waals surface area contributed by atoms with Crippen LogP contribution in [0.3, 0.4) is 0 Å². The Morgan fingerprint density at radius 3 is 2.52 bits per heavy atom. The molecular formula is C17H23N3O. The maximum atomic E-state index is 12.1. The summed E-state index contributed by atoms with van der Waals surface area (Å²) in [5.74, 6) is -0.0168. The van der Waals surface area contributed by atoms with Crippen molar-refractivity contribution in [1.82, 2.24) is 14.8 Å². The number of hydrogen-bond donors (Lipinski definition) is 1. The third-order valence-corrected chi connectivity index (χ3v) is 3.62. The van der Waals surface area contributed by atoms with Crippen LogP contribution in [0.2, 0.25) is 0 Å². The second kappa shape index (κ2) is 7.64. The summed E-state index contributed by atoms with van der Waals surface area (Å²) in [5, 5.41) is 2.97. The summed E-state index contributed by atoms with van der Waals surface area (Å²) in [6, 6.07) is 11.8. The first-order chi connectivity index (χ1) is 10.2. The fraction of sp³-hybridized carbons (Fsp3) is 0.353. The third-order valence-electron chi connectivity index (χ3n) is 3.62. The van der Waals surface area contributed by atoms with Gasteiger partial charge >= 0.3 is 0 Å². The van der Waals surface area contributed by atoms with Crippen LogP contribution < -0.4 is 5.32 Å². The Morgan fingerprint density at radius 2 is 1.86 bits per heavy atom. The summed E-state index contributed by atoms with van der Waals surface area (Å²) in [5.41, 5.74) is 1.75. The van der Waals surface area contributed by atoms with Gasteiger partial charge < -0.3 is 14.8 Å². The number of nitrogens with one attached hydrogen (secondary N) is 1. The molecule has 1 aromatic carbocycles. The zero-order valence-electron chi connectivity index (χ0n) is 12.7. The fourth-order valence-corrected chi connectivity index (χ4v) is 2.26. The molecule has 1 N–H and O–H groups in total. The number of amides is 1. The number of likely N-dealkylation sites (N-methyl/N-ethyl adjacent to an activating group) is 1. The van der Waals surface area contributed by atoms with Crippen LogP contribution in [0, 0.1) is 0 Å². The van der Waals surface area contributed by atoms with Gasteiger partial charge in [-0.05, 0) is 31.3 Å². The number of para-hydroxylation sites is 1. The monoisotopic (exact) mass is 285 g/mol. The van der Waals surface area contributed by atoms with Crippen LogP contribution in [0.4, 0.5) is 0 Å². The first-order valence-electron chi connectivity index (χ1n) is 7.48. The van der Waals surface area contributed by atoms with Gasteiger partial charge in [-0.3, -0.25) is 4.79 Å². The zero-order valence-corrected chi connectivity index (χ0v) is 12.7.